The van der Waals surface area contributed by atoms with Crippen molar-refractivity contribution in [1.29, 1.82) is 0 Å². The Morgan fingerprint density at radius 1 is 1.30 bits per heavy atom. The van der Waals surface area contributed by atoms with E-state index in [0.717, 1.165) is 24.2 Å². The van der Waals surface area contributed by atoms with E-state index < -0.39 is 0 Å². The molecule has 110 valence electrons. The van der Waals surface area contributed by atoms with E-state index in [1.807, 2.05) is 19.1 Å². The number of hydrogen-bond donors (Lipinski definition) is 1. The molecule has 20 heavy (non-hydrogen) atoms. The van der Waals surface area contributed by atoms with Gasteiger partial charge >= 0.3 is 0 Å². The van der Waals surface area contributed by atoms with Crippen LogP contribution in [0.4, 0.5) is 0 Å². The zero-order valence-electron chi connectivity index (χ0n) is 12.7. The molecule has 0 saturated heterocycles. The van der Waals surface area contributed by atoms with Crippen LogP contribution in [0.1, 0.15) is 56.2 Å². The van der Waals surface area contributed by atoms with Crippen LogP contribution < -0.4 is 10.1 Å². The number of carbonyl (C=O) groups excluding carboxylic acids is 1. The second kappa shape index (κ2) is 6.78. The van der Waals surface area contributed by atoms with Crippen LogP contribution in [0.2, 0.25) is 0 Å². The number of methoxy groups -OCH3 is 1. The van der Waals surface area contributed by atoms with E-state index >= 15 is 0 Å². The molecule has 0 aromatic heterocycles. The van der Waals surface area contributed by atoms with Crippen molar-refractivity contribution >= 4 is 5.91 Å². The number of nitrogens with one attached hydrogen (secondary N) is 1. The van der Waals surface area contributed by atoms with E-state index in [0.29, 0.717) is 0 Å². The fourth-order valence-electron chi connectivity index (χ4n) is 2.97. The Kier molecular flexibility index (Phi) is 5.05. The second-order valence-electron chi connectivity index (χ2n) is 5.81. The number of hydrogen-bond acceptors (Lipinski definition) is 2. The molecule has 0 bridgehead atoms. The number of benzene rings is 1. The van der Waals surface area contributed by atoms with Gasteiger partial charge < -0.3 is 10.1 Å². The quantitative estimate of drug-likeness (QED) is 0.908. The Hall–Kier alpha value is -1.51. The summed E-state index contributed by atoms with van der Waals surface area (Å²) in [6.07, 6.45) is 5.69. The van der Waals surface area contributed by atoms with Crippen LogP contribution in [0.3, 0.4) is 0 Å². The molecule has 1 amide bonds. The summed E-state index contributed by atoms with van der Waals surface area (Å²) in [5.74, 6) is 1.23. The molecule has 1 aromatic rings. The third-order valence-corrected chi connectivity index (χ3v) is 4.19. The predicted octanol–water partition coefficient (Wildman–Crippen LogP) is 3.76. The third kappa shape index (κ3) is 3.53. The van der Waals surface area contributed by atoms with Crippen LogP contribution >= 0.6 is 0 Å². The van der Waals surface area contributed by atoms with Gasteiger partial charge in [-0.1, -0.05) is 37.0 Å². The minimum atomic E-state index is -0.0146. The standard InChI is InChI=1S/C17H25NO2/c1-12-9-10-16(20-3)15(11-12)13(2)18-17(19)14-7-5-4-6-8-14/h9-11,13-14H,4-8H2,1-3H3,(H,18,19). The number of carbonyl (C=O) groups is 1. The van der Waals surface area contributed by atoms with Gasteiger partial charge in [-0.25, -0.2) is 0 Å². The summed E-state index contributed by atoms with van der Waals surface area (Å²) < 4.78 is 5.40. The molecule has 1 atom stereocenters. The molecule has 1 saturated carbocycles. The minimum Gasteiger partial charge on any atom is -0.496 e. The van der Waals surface area contributed by atoms with E-state index in [1.54, 1.807) is 7.11 Å². The van der Waals surface area contributed by atoms with Crippen molar-refractivity contribution in [1.82, 2.24) is 5.32 Å². The molecule has 1 aliphatic rings. The number of rotatable bonds is 4. The Morgan fingerprint density at radius 3 is 2.65 bits per heavy atom. The number of ether oxygens (including phenoxy) is 1. The Balaban J connectivity index is 2.05. The molecule has 1 aliphatic carbocycles. The van der Waals surface area contributed by atoms with Gasteiger partial charge in [-0.05, 0) is 32.8 Å². The molecule has 0 heterocycles. The lowest BCUT2D eigenvalue weighted by Crippen LogP contribution is -2.34. The van der Waals surface area contributed by atoms with Crippen molar-refractivity contribution in [3.8, 4) is 5.75 Å². The van der Waals surface area contributed by atoms with Crippen molar-refractivity contribution in [2.24, 2.45) is 5.92 Å². The van der Waals surface area contributed by atoms with Crippen molar-refractivity contribution in [2.45, 2.75) is 52.0 Å². The first-order chi connectivity index (χ1) is 9.61. The van der Waals surface area contributed by atoms with Crippen LogP contribution in [-0.2, 0) is 4.79 Å². The van der Waals surface area contributed by atoms with Crippen LogP contribution in [0.5, 0.6) is 5.75 Å². The second-order valence-corrected chi connectivity index (χ2v) is 5.81. The predicted molar refractivity (Wildman–Crippen MR) is 80.9 cm³/mol. The van der Waals surface area contributed by atoms with Gasteiger partial charge in [0.05, 0.1) is 13.2 Å². The van der Waals surface area contributed by atoms with Crippen molar-refractivity contribution in [2.75, 3.05) is 7.11 Å². The van der Waals surface area contributed by atoms with E-state index in [2.05, 4.69) is 18.3 Å². The van der Waals surface area contributed by atoms with Gasteiger partial charge in [0.25, 0.3) is 0 Å². The molecule has 1 unspecified atom stereocenters. The van der Waals surface area contributed by atoms with Gasteiger partial charge in [0.2, 0.25) is 5.91 Å². The minimum absolute atomic E-state index is 0.0146. The van der Waals surface area contributed by atoms with Gasteiger partial charge in [-0.2, -0.15) is 0 Å². The lowest BCUT2D eigenvalue weighted by Gasteiger charge is -2.24. The summed E-state index contributed by atoms with van der Waals surface area (Å²) in [5, 5.41) is 3.15. The van der Waals surface area contributed by atoms with Crippen LogP contribution in [0.25, 0.3) is 0 Å². The molecule has 0 spiro atoms. The van der Waals surface area contributed by atoms with Gasteiger partial charge in [0.15, 0.2) is 0 Å². The highest BCUT2D eigenvalue weighted by atomic mass is 16.5. The van der Waals surface area contributed by atoms with E-state index in [4.69, 9.17) is 4.74 Å². The first kappa shape index (κ1) is 14.9. The van der Waals surface area contributed by atoms with Gasteiger partial charge in [-0.3, -0.25) is 4.79 Å². The van der Waals surface area contributed by atoms with Crippen LogP contribution in [-0.4, -0.2) is 13.0 Å². The summed E-state index contributed by atoms with van der Waals surface area (Å²) >= 11 is 0. The summed E-state index contributed by atoms with van der Waals surface area (Å²) in [5.41, 5.74) is 2.23. The maximum absolute atomic E-state index is 12.3. The smallest absolute Gasteiger partial charge is 0.223 e. The lowest BCUT2D eigenvalue weighted by atomic mass is 9.88. The lowest BCUT2D eigenvalue weighted by molar-refractivity contribution is -0.126. The number of aryl methyl sites for hydroxylation is 1. The first-order valence-electron chi connectivity index (χ1n) is 7.56. The average molecular weight is 275 g/mol. The summed E-state index contributed by atoms with van der Waals surface area (Å²) in [7, 11) is 1.67. The Labute approximate surface area is 121 Å². The van der Waals surface area contributed by atoms with Crippen molar-refractivity contribution in [3.05, 3.63) is 29.3 Å². The highest BCUT2D eigenvalue weighted by Crippen LogP contribution is 2.28. The van der Waals surface area contributed by atoms with E-state index in [-0.39, 0.29) is 17.9 Å². The largest absolute Gasteiger partial charge is 0.496 e. The molecule has 0 radical (unpaired) electrons. The van der Waals surface area contributed by atoms with Gasteiger partial charge in [0.1, 0.15) is 5.75 Å². The summed E-state index contributed by atoms with van der Waals surface area (Å²) in [4.78, 5) is 12.3. The normalized spacial score (nSPS) is 17.6. The van der Waals surface area contributed by atoms with Gasteiger partial charge in [-0.15, -0.1) is 0 Å². The molecule has 0 aliphatic heterocycles. The molecule has 1 fully saturated rings. The zero-order valence-corrected chi connectivity index (χ0v) is 12.7. The SMILES string of the molecule is COc1ccc(C)cc1C(C)NC(=O)C1CCCCC1. The third-order valence-electron chi connectivity index (χ3n) is 4.19. The topological polar surface area (TPSA) is 38.3 Å². The monoisotopic (exact) mass is 275 g/mol. The van der Waals surface area contributed by atoms with Crippen molar-refractivity contribution in [3.63, 3.8) is 0 Å². The Morgan fingerprint density at radius 2 is 2.00 bits per heavy atom. The molecular weight excluding hydrogens is 250 g/mol. The molecule has 1 N–H and O–H groups in total. The highest BCUT2D eigenvalue weighted by molar-refractivity contribution is 5.79. The molecule has 3 nitrogen and oxygen atoms in total. The highest BCUT2D eigenvalue weighted by Gasteiger charge is 2.23. The van der Waals surface area contributed by atoms with Crippen molar-refractivity contribution < 1.29 is 9.53 Å². The summed E-state index contributed by atoms with van der Waals surface area (Å²) in [6.45, 7) is 4.08. The first-order valence-corrected chi connectivity index (χ1v) is 7.56. The molecule has 1 aromatic carbocycles. The van der Waals surface area contributed by atoms with Gasteiger partial charge in [0, 0.05) is 11.5 Å². The molecular formula is C17H25NO2. The maximum atomic E-state index is 12.3. The molecule has 2 rings (SSSR count). The van der Waals surface area contributed by atoms with Crippen LogP contribution in [0, 0.1) is 12.8 Å². The Bertz CT molecular complexity index is 464. The fourth-order valence-corrected chi connectivity index (χ4v) is 2.97. The fraction of sp³-hybridized carbons (Fsp3) is 0.588. The van der Waals surface area contributed by atoms with Crippen LogP contribution in [0.15, 0.2) is 18.2 Å². The van der Waals surface area contributed by atoms with E-state index in [9.17, 15) is 4.79 Å². The molecule has 3 heteroatoms. The zero-order chi connectivity index (χ0) is 14.5. The summed E-state index contributed by atoms with van der Waals surface area (Å²) in [6, 6.07) is 6.07. The number of amides is 1. The maximum Gasteiger partial charge on any atom is 0.223 e. The van der Waals surface area contributed by atoms with E-state index in [1.165, 1.54) is 24.8 Å². The average Bonchev–Trinajstić information content (AvgIpc) is 2.48.